The van der Waals surface area contributed by atoms with Crippen LogP contribution in [-0.4, -0.2) is 38.1 Å². The molecule has 0 amide bonds. The fourth-order valence-corrected chi connectivity index (χ4v) is 2.56. The SMILES string of the molecule is CN(CCCN1CCCC1)c1ccccc1C#N. The van der Waals surface area contributed by atoms with E-state index >= 15 is 0 Å². The second-order valence-electron chi connectivity index (χ2n) is 4.95. The average Bonchev–Trinajstić information content (AvgIpc) is 2.91. The van der Waals surface area contributed by atoms with Crippen molar-refractivity contribution in [3.8, 4) is 6.07 Å². The highest BCUT2D eigenvalue weighted by Crippen LogP contribution is 2.18. The second-order valence-corrected chi connectivity index (χ2v) is 4.95. The van der Waals surface area contributed by atoms with Gasteiger partial charge in [-0.1, -0.05) is 12.1 Å². The summed E-state index contributed by atoms with van der Waals surface area (Å²) < 4.78 is 0. The molecule has 0 unspecified atom stereocenters. The van der Waals surface area contributed by atoms with Crippen molar-refractivity contribution in [3.63, 3.8) is 0 Å². The van der Waals surface area contributed by atoms with Crippen molar-refractivity contribution in [2.24, 2.45) is 0 Å². The van der Waals surface area contributed by atoms with E-state index in [1.807, 2.05) is 24.3 Å². The third-order valence-corrected chi connectivity index (χ3v) is 3.60. The quantitative estimate of drug-likeness (QED) is 0.796. The molecule has 1 aliphatic heterocycles. The topological polar surface area (TPSA) is 30.3 Å². The summed E-state index contributed by atoms with van der Waals surface area (Å²) in [6, 6.07) is 10.1. The third kappa shape index (κ3) is 3.24. The van der Waals surface area contributed by atoms with Crippen molar-refractivity contribution in [3.05, 3.63) is 29.8 Å². The maximum Gasteiger partial charge on any atom is 0.101 e. The first-order valence-corrected chi connectivity index (χ1v) is 6.74. The van der Waals surface area contributed by atoms with Crippen LogP contribution >= 0.6 is 0 Å². The molecule has 0 radical (unpaired) electrons. The summed E-state index contributed by atoms with van der Waals surface area (Å²) in [5.41, 5.74) is 1.81. The van der Waals surface area contributed by atoms with E-state index in [0.717, 1.165) is 24.2 Å². The smallest absolute Gasteiger partial charge is 0.101 e. The number of benzene rings is 1. The lowest BCUT2D eigenvalue weighted by Crippen LogP contribution is -2.26. The summed E-state index contributed by atoms with van der Waals surface area (Å²) in [4.78, 5) is 4.72. The van der Waals surface area contributed by atoms with Crippen molar-refractivity contribution in [2.45, 2.75) is 19.3 Å². The molecule has 0 atom stereocenters. The van der Waals surface area contributed by atoms with E-state index in [-0.39, 0.29) is 0 Å². The molecule has 0 aliphatic carbocycles. The van der Waals surface area contributed by atoms with Gasteiger partial charge in [-0.3, -0.25) is 0 Å². The van der Waals surface area contributed by atoms with Gasteiger partial charge in [0.15, 0.2) is 0 Å². The van der Waals surface area contributed by atoms with Crippen molar-refractivity contribution in [1.82, 2.24) is 4.90 Å². The van der Waals surface area contributed by atoms with Crippen LogP contribution in [-0.2, 0) is 0 Å². The van der Waals surface area contributed by atoms with E-state index < -0.39 is 0 Å². The summed E-state index contributed by atoms with van der Waals surface area (Å²) in [5.74, 6) is 0. The Kier molecular flexibility index (Phi) is 4.60. The van der Waals surface area contributed by atoms with Gasteiger partial charge < -0.3 is 9.80 Å². The highest BCUT2D eigenvalue weighted by molar-refractivity contribution is 5.58. The predicted octanol–water partition coefficient (Wildman–Crippen LogP) is 2.48. The van der Waals surface area contributed by atoms with Gasteiger partial charge in [0.25, 0.3) is 0 Å². The van der Waals surface area contributed by atoms with Crippen LogP contribution in [0.1, 0.15) is 24.8 Å². The first kappa shape index (κ1) is 12.9. The molecule has 1 aliphatic rings. The highest BCUT2D eigenvalue weighted by Gasteiger charge is 2.11. The Bertz CT molecular complexity index is 416. The van der Waals surface area contributed by atoms with Gasteiger partial charge in [-0.15, -0.1) is 0 Å². The minimum atomic E-state index is 0.765. The molecule has 0 N–H and O–H groups in total. The minimum Gasteiger partial charge on any atom is -0.373 e. The lowest BCUT2D eigenvalue weighted by molar-refractivity contribution is 0.335. The monoisotopic (exact) mass is 243 g/mol. The molecule has 2 rings (SSSR count). The first-order valence-electron chi connectivity index (χ1n) is 6.74. The average molecular weight is 243 g/mol. The van der Waals surface area contributed by atoms with Gasteiger partial charge in [0.05, 0.1) is 11.3 Å². The molecule has 0 saturated carbocycles. The second kappa shape index (κ2) is 6.42. The van der Waals surface area contributed by atoms with E-state index in [4.69, 9.17) is 5.26 Å². The fourth-order valence-electron chi connectivity index (χ4n) is 2.56. The Morgan fingerprint density at radius 2 is 2.00 bits per heavy atom. The third-order valence-electron chi connectivity index (χ3n) is 3.60. The Morgan fingerprint density at radius 1 is 1.28 bits per heavy atom. The van der Waals surface area contributed by atoms with Crippen molar-refractivity contribution in [1.29, 1.82) is 5.26 Å². The number of hydrogen-bond donors (Lipinski definition) is 0. The largest absolute Gasteiger partial charge is 0.373 e. The lowest BCUT2D eigenvalue weighted by atomic mass is 10.2. The van der Waals surface area contributed by atoms with Crippen molar-refractivity contribution < 1.29 is 0 Å². The van der Waals surface area contributed by atoms with Gasteiger partial charge in [0, 0.05) is 13.6 Å². The first-order chi connectivity index (χ1) is 8.81. The molecule has 1 aromatic carbocycles. The maximum atomic E-state index is 9.08. The van der Waals surface area contributed by atoms with Crippen LogP contribution in [0.15, 0.2) is 24.3 Å². The van der Waals surface area contributed by atoms with Crippen LogP contribution < -0.4 is 4.90 Å². The highest BCUT2D eigenvalue weighted by atomic mass is 15.1. The lowest BCUT2D eigenvalue weighted by Gasteiger charge is -2.22. The minimum absolute atomic E-state index is 0.765. The fraction of sp³-hybridized carbons (Fsp3) is 0.533. The summed E-state index contributed by atoms with van der Waals surface area (Å²) in [6.07, 6.45) is 3.87. The molecule has 1 aromatic rings. The Hall–Kier alpha value is -1.53. The number of rotatable bonds is 5. The van der Waals surface area contributed by atoms with Gasteiger partial charge in [0.1, 0.15) is 6.07 Å². The van der Waals surface area contributed by atoms with E-state index in [2.05, 4.69) is 22.9 Å². The summed E-state index contributed by atoms with van der Waals surface area (Å²) in [7, 11) is 2.07. The van der Waals surface area contributed by atoms with Crippen molar-refractivity contribution in [2.75, 3.05) is 38.1 Å². The molecule has 0 bridgehead atoms. The number of para-hydroxylation sites is 1. The molecule has 18 heavy (non-hydrogen) atoms. The Balaban J connectivity index is 1.83. The Labute approximate surface area is 110 Å². The van der Waals surface area contributed by atoms with Crippen LogP contribution in [0, 0.1) is 11.3 Å². The van der Waals surface area contributed by atoms with Crippen LogP contribution in [0.25, 0.3) is 0 Å². The van der Waals surface area contributed by atoms with Gasteiger partial charge in [-0.2, -0.15) is 5.26 Å². The molecule has 3 heteroatoms. The number of nitriles is 1. The number of nitrogens with zero attached hydrogens (tertiary/aromatic N) is 3. The summed E-state index contributed by atoms with van der Waals surface area (Å²) >= 11 is 0. The molecular formula is C15H21N3. The van der Waals surface area contributed by atoms with Crippen molar-refractivity contribution >= 4 is 5.69 Å². The van der Waals surface area contributed by atoms with E-state index in [0.29, 0.717) is 0 Å². The molecule has 1 fully saturated rings. The van der Waals surface area contributed by atoms with Crippen LogP contribution in [0.5, 0.6) is 0 Å². The normalized spacial score (nSPS) is 15.6. The standard InChI is InChI=1S/C15H21N3/c1-17(9-6-12-18-10-4-5-11-18)15-8-3-2-7-14(15)13-16/h2-3,7-8H,4-6,9-12H2,1H3. The van der Waals surface area contributed by atoms with Gasteiger partial charge in [-0.05, 0) is 51.0 Å². The molecule has 0 spiro atoms. The molecular weight excluding hydrogens is 222 g/mol. The van der Waals surface area contributed by atoms with Gasteiger partial charge in [0.2, 0.25) is 0 Å². The number of likely N-dealkylation sites (tertiary alicyclic amines) is 1. The summed E-state index contributed by atoms with van der Waals surface area (Å²) in [5, 5.41) is 9.08. The van der Waals surface area contributed by atoms with Gasteiger partial charge in [-0.25, -0.2) is 0 Å². The van der Waals surface area contributed by atoms with Gasteiger partial charge >= 0.3 is 0 Å². The molecule has 96 valence electrons. The van der Waals surface area contributed by atoms with E-state index in [9.17, 15) is 0 Å². The van der Waals surface area contributed by atoms with Crippen LogP contribution in [0.2, 0.25) is 0 Å². The number of hydrogen-bond acceptors (Lipinski definition) is 3. The maximum absolute atomic E-state index is 9.08. The molecule has 0 aromatic heterocycles. The number of anilines is 1. The molecule has 1 saturated heterocycles. The molecule has 3 nitrogen and oxygen atoms in total. The van der Waals surface area contributed by atoms with E-state index in [1.54, 1.807) is 0 Å². The summed E-state index contributed by atoms with van der Waals surface area (Å²) in [6.45, 7) is 4.71. The molecule has 1 heterocycles. The van der Waals surface area contributed by atoms with Crippen LogP contribution in [0.3, 0.4) is 0 Å². The van der Waals surface area contributed by atoms with Crippen LogP contribution in [0.4, 0.5) is 5.69 Å². The zero-order valence-electron chi connectivity index (χ0n) is 11.1. The Morgan fingerprint density at radius 3 is 2.72 bits per heavy atom. The zero-order chi connectivity index (χ0) is 12.8. The zero-order valence-corrected chi connectivity index (χ0v) is 11.1. The van der Waals surface area contributed by atoms with E-state index in [1.165, 1.54) is 32.5 Å². The predicted molar refractivity (Wildman–Crippen MR) is 74.7 cm³/mol.